The Bertz CT molecular complexity index is 27.5. The van der Waals surface area contributed by atoms with Crippen molar-refractivity contribution >= 4 is 0 Å². The molecule has 0 aliphatic rings. The van der Waals surface area contributed by atoms with Gasteiger partial charge in [-0.05, 0) is 0 Å². The Morgan fingerprint density at radius 1 is 1.75 bits per heavy atom. The molecular weight excluding hydrogens is 105 g/mol. The number of aliphatic hydroxyl groups excluding tert-OH is 1. The Morgan fingerprint density at radius 2 is 1.75 bits per heavy atom. The van der Waals surface area contributed by atoms with Crippen molar-refractivity contribution in [1.29, 1.82) is 0 Å². The van der Waals surface area contributed by atoms with E-state index in [4.69, 9.17) is 5.11 Å². The van der Waals surface area contributed by atoms with Crippen LogP contribution in [0.3, 0.4) is 0 Å². The summed E-state index contributed by atoms with van der Waals surface area (Å²) in [4.78, 5) is 0. The zero-order valence-corrected chi connectivity index (χ0v) is 5.20. The number of hydrogen-bond donors (Lipinski definition) is 1. The van der Waals surface area contributed by atoms with E-state index in [0.29, 0.717) is 0 Å². The molecule has 0 aromatic heterocycles. The summed E-state index contributed by atoms with van der Waals surface area (Å²) in [5.74, 6) is 0. The Balaban J connectivity index is 0. The SMILES string of the molecule is C#CO.[Zn]. The molecule has 0 aliphatic carbocycles. The molecule has 4 heavy (non-hydrogen) atoms. The number of terminal acetylenes is 1. The zero-order chi connectivity index (χ0) is 2.71. The second-order valence-electron chi connectivity index (χ2n) is 0.129. The van der Waals surface area contributed by atoms with Crippen LogP contribution in [0.25, 0.3) is 0 Å². The van der Waals surface area contributed by atoms with Crippen molar-refractivity contribution in [2.45, 2.75) is 0 Å². The van der Waals surface area contributed by atoms with Gasteiger partial charge in [-0.3, -0.25) is 0 Å². The van der Waals surface area contributed by atoms with E-state index in [-0.39, 0.29) is 19.5 Å². The van der Waals surface area contributed by atoms with Crippen molar-refractivity contribution in [3.05, 3.63) is 0 Å². The van der Waals surface area contributed by atoms with Crippen molar-refractivity contribution in [2.75, 3.05) is 0 Å². The molecule has 0 saturated carbocycles. The largest absolute Gasteiger partial charge is 0.462 e. The Kier molecular flexibility index (Phi) is 27.3. The Hall–Kier alpha value is -0.0166. The smallest absolute Gasteiger partial charge is 0.103 e. The maximum Gasteiger partial charge on any atom is 0.103 e. The van der Waals surface area contributed by atoms with Gasteiger partial charge in [0.2, 0.25) is 0 Å². The van der Waals surface area contributed by atoms with Crippen molar-refractivity contribution in [1.82, 2.24) is 0 Å². The maximum absolute atomic E-state index is 7.10. The van der Waals surface area contributed by atoms with E-state index < -0.39 is 0 Å². The zero-order valence-electron chi connectivity index (χ0n) is 2.23. The van der Waals surface area contributed by atoms with Crippen LogP contribution < -0.4 is 0 Å². The molecule has 1 N–H and O–H groups in total. The summed E-state index contributed by atoms with van der Waals surface area (Å²) in [6, 6.07) is 0. The minimum atomic E-state index is 0. The van der Waals surface area contributed by atoms with Crippen LogP contribution in [0.4, 0.5) is 0 Å². The van der Waals surface area contributed by atoms with Gasteiger partial charge < -0.3 is 5.11 Å². The molecular formula is C2H2OZn. The summed E-state index contributed by atoms with van der Waals surface area (Å²) in [7, 11) is 0. The van der Waals surface area contributed by atoms with Crippen LogP contribution in [0.5, 0.6) is 0 Å². The van der Waals surface area contributed by atoms with Crippen molar-refractivity contribution in [3.63, 3.8) is 0 Å². The molecule has 0 amide bonds. The van der Waals surface area contributed by atoms with E-state index in [1.54, 1.807) is 0 Å². The fourth-order valence-electron chi connectivity index (χ4n) is 0. The molecule has 0 atom stereocenters. The molecule has 0 aliphatic heterocycles. The van der Waals surface area contributed by atoms with Crippen LogP contribution in [-0.2, 0) is 19.5 Å². The molecule has 18 valence electrons. The predicted molar refractivity (Wildman–Crippen MR) is 10.8 cm³/mol. The van der Waals surface area contributed by atoms with E-state index in [0.717, 1.165) is 0 Å². The van der Waals surface area contributed by atoms with Gasteiger partial charge in [-0.15, -0.1) is 0 Å². The monoisotopic (exact) mass is 106 g/mol. The molecule has 0 rings (SSSR count). The minimum absolute atomic E-state index is 0. The second kappa shape index (κ2) is 12.1. The van der Waals surface area contributed by atoms with Gasteiger partial charge in [-0.2, -0.15) is 0 Å². The van der Waals surface area contributed by atoms with E-state index in [1.165, 1.54) is 6.11 Å². The van der Waals surface area contributed by atoms with Gasteiger partial charge in [0, 0.05) is 19.5 Å². The first kappa shape index (κ1) is 9.01. The predicted octanol–water partition coefficient (Wildman–Crippen LogP) is -0.0529. The summed E-state index contributed by atoms with van der Waals surface area (Å²) in [5, 5.41) is 7.10. The molecule has 0 bridgehead atoms. The topological polar surface area (TPSA) is 20.2 Å². The van der Waals surface area contributed by atoms with Gasteiger partial charge >= 0.3 is 0 Å². The third kappa shape index (κ3) is 6940. The van der Waals surface area contributed by atoms with E-state index in [1.807, 2.05) is 0 Å². The van der Waals surface area contributed by atoms with Gasteiger partial charge in [0.25, 0.3) is 0 Å². The fraction of sp³-hybridized carbons (Fsp3) is 0. The normalized spacial score (nSPS) is 1.75. The standard InChI is InChI=1S/C2H2O.Zn/c1-2-3;/h1,3H;. The quantitative estimate of drug-likeness (QED) is 0.340. The third-order valence-electron chi connectivity index (χ3n) is 0. The molecule has 0 spiro atoms. The summed E-state index contributed by atoms with van der Waals surface area (Å²) in [6.07, 6.45) is 5.40. The molecule has 0 unspecified atom stereocenters. The minimum Gasteiger partial charge on any atom is -0.462 e. The molecule has 0 heterocycles. The number of aliphatic hydroxyl groups is 1. The van der Waals surface area contributed by atoms with Gasteiger partial charge in [-0.1, -0.05) is 6.42 Å². The van der Waals surface area contributed by atoms with Crippen LogP contribution in [0.15, 0.2) is 0 Å². The first-order valence-electron chi connectivity index (χ1n) is 0.512. The Labute approximate surface area is 37.8 Å². The molecule has 0 radical (unpaired) electrons. The molecule has 0 aromatic carbocycles. The summed E-state index contributed by atoms with van der Waals surface area (Å²) < 4.78 is 0. The van der Waals surface area contributed by atoms with Crippen LogP contribution >= 0.6 is 0 Å². The maximum atomic E-state index is 7.10. The molecule has 2 heteroatoms. The van der Waals surface area contributed by atoms with Gasteiger partial charge in [0.15, 0.2) is 0 Å². The molecule has 0 aromatic rings. The van der Waals surface area contributed by atoms with Crippen LogP contribution in [0.2, 0.25) is 0 Å². The van der Waals surface area contributed by atoms with E-state index in [2.05, 4.69) is 6.42 Å². The van der Waals surface area contributed by atoms with Crippen molar-refractivity contribution < 1.29 is 24.6 Å². The van der Waals surface area contributed by atoms with Crippen LogP contribution in [0, 0.1) is 12.5 Å². The van der Waals surface area contributed by atoms with E-state index >= 15 is 0 Å². The van der Waals surface area contributed by atoms with Gasteiger partial charge in [0.1, 0.15) is 6.11 Å². The average Bonchev–Trinajstić information content (AvgIpc) is 0.918. The summed E-state index contributed by atoms with van der Waals surface area (Å²) >= 11 is 0. The van der Waals surface area contributed by atoms with Crippen LogP contribution in [0.1, 0.15) is 0 Å². The van der Waals surface area contributed by atoms with Crippen LogP contribution in [-0.4, -0.2) is 5.11 Å². The fourth-order valence-corrected chi connectivity index (χ4v) is 0. The van der Waals surface area contributed by atoms with E-state index in [9.17, 15) is 0 Å². The number of hydrogen-bond acceptors (Lipinski definition) is 1. The van der Waals surface area contributed by atoms with Gasteiger partial charge in [0.05, 0.1) is 0 Å². The molecule has 0 fully saturated rings. The number of rotatable bonds is 0. The summed E-state index contributed by atoms with van der Waals surface area (Å²) in [5.41, 5.74) is 0. The Morgan fingerprint density at radius 3 is 1.75 bits per heavy atom. The first-order chi connectivity index (χ1) is 1.41. The average molecular weight is 107 g/mol. The second-order valence-corrected chi connectivity index (χ2v) is 0.129. The summed E-state index contributed by atoms with van der Waals surface area (Å²) in [6.45, 7) is 0. The first-order valence-corrected chi connectivity index (χ1v) is 0.512. The molecule has 0 saturated heterocycles. The van der Waals surface area contributed by atoms with Gasteiger partial charge in [-0.25, -0.2) is 0 Å². The molecule has 1 nitrogen and oxygen atoms in total. The van der Waals surface area contributed by atoms with Crippen molar-refractivity contribution in [3.8, 4) is 12.5 Å². The van der Waals surface area contributed by atoms with Crippen molar-refractivity contribution in [2.24, 2.45) is 0 Å². The third-order valence-corrected chi connectivity index (χ3v) is 0.